The Kier molecular flexibility index (Phi) is 4.28. The Bertz CT molecular complexity index is 983. The number of aromatic nitrogens is 1. The fourth-order valence-electron chi connectivity index (χ4n) is 3.24. The summed E-state index contributed by atoms with van der Waals surface area (Å²) in [4.78, 5) is 54.0. The van der Waals surface area contributed by atoms with Gasteiger partial charge < -0.3 is 9.72 Å². The van der Waals surface area contributed by atoms with Crippen molar-refractivity contribution < 1.29 is 19.1 Å². The molecule has 1 aromatic carbocycles. The van der Waals surface area contributed by atoms with E-state index in [0.717, 1.165) is 32.5 Å². The number of hydrogen-bond donors (Lipinski definition) is 1. The van der Waals surface area contributed by atoms with Gasteiger partial charge in [-0.25, -0.2) is 4.90 Å². The summed E-state index contributed by atoms with van der Waals surface area (Å²) < 4.78 is 5.68. The third kappa shape index (κ3) is 2.55. The SMILES string of the molecule is COC(=O)[C@H]1c2sc(=O)[nH]c2S[C@@H]2C(=O)N(c3ccc(Br)cc3)C(=O)[C@@H]21. The maximum absolute atomic E-state index is 13.1. The molecule has 7 nitrogen and oxygen atoms in total. The minimum atomic E-state index is -0.970. The largest absolute Gasteiger partial charge is 0.469 e. The van der Waals surface area contributed by atoms with Gasteiger partial charge in [0.05, 0.1) is 28.6 Å². The van der Waals surface area contributed by atoms with Gasteiger partial charge >= 0.3 is 10.8 Å². The molecule has 10 heteroatoms. The van der Waals surface area contributed by atoms with Crippen molar-refractivity contribution in [1.29, 1.82) is 0 Å². The molecule has 3 atom stereocenters. The number of amides is 2. The van der Waals surface area contributed by atoms with Crippen LogP contribution in [-0.4, -0.2) is 35.1 Å². The summed E-state index contributed by atoms with van der Waals surface area (Å²) in [6, 6.07) is 6.79. The number of hydrogen-bond acceptors (Lipinski definition) is 7. The van der Waals surface area contributed by atoms with Gasteiger partial charge in [-0.05, 0) is 24.3 Å². The van der Waals surface area contributed by atoms with Crippen LogP contribution in [0.5, 0.6) is 0 Å². The number of fused-ring (bicyclic) bond motifs is 2. The van der Waals surface area contributed by atoms with Crippen molar-refractivity contribution in [3.8, 4) is 0 Å². The molecule has 2 aromatic rings. The van der Waals surface area contributed by atoms with Gasteiger partial charge in [0.2, 0.25) is 11.8 Å². The Morgan fingerprint density at radius 2 is 1.88 bits per heavy atom. The van der Waals surface area contributed by atoms with E-state index in [9.17, 15) is 19.2 Å². The molecule has 0 radical (unpaired) electrons. The van der Waals surface area contributed by atoms with Gasteiger partial charge in [0.1, 0.15) is 11.2 Å². The van der Waals surface area contributed by atoms with E-state index < -0.39 is 34.9 Å². The second-order valence-corrected chi connectivity index (χ2v) is 8.84. The molecule has 1 fully saturated rings. The maximum atomic E-state index is 13.1. The van der Waals surface area contributed by atoms with E-state index in [1.807, 2.05) is 0 Å². The van der Waals surface area contributed by atoms with Crippen molar-refractivity contribution in [2.75, 3.05) is 12.0 Å². The van der Waals surface area contributed by atoms with Gasteiger partial charge in [0.25, 0.3) is 0 Å². The number of rotatable bonds is 2. The van der Waals surface area contributed by atoms with Gasteiger partial charge in [0, 0.05) is 4.47 Å². The van der Waals surface area contributed by atoms with Gasteiger partial charge in [0.15, 0.2) is 0 Å². The van der Waals surface area contributed by atoms with Crippen LogP contribution in [-0.2, 0) is 19.1 Å². The van der Waals surface area contributed by atoms with Crippen molar-refractivity contribution in [3.63, 3.8) is 0 Å². The zero-order valence-corrected chi connectivity index (χ0v) is 16.4. The fraction of sp³-hybridized carbons (Fsp3) is 0.250. The molecule has 26 heavy (non-hydrogen) atoms. The molecular weight excluding hydrogens is 444 g/mol. The summed E-state index contributed by atoms with van der Waals surface area (Å²) in [6.45, 7) is 0. The van der Waals surface area contributed by atoms with E-state index in [2.05, 4.69) is 20.9 Å². The predicted molar refractivity (Wildman–Crippen MR) is 99.5 cm³/mol. The van der Waals surface area contributed by atoms with Gasteiger partial charge in [-0.3, -0.25) is 19.2 Å². The molecule has 4 rings (SSSR count). The minimum absolute atomic E-state index is 0.332. The summed E-state index contributed by atoms with van der Waals surface area (Å²) in [5.41, 5.74) is 0.443. The Hall–Kier alpha value is -1.91. The van der Waals surface area contributed by atoms with Crippen LogP contribution in [0, 0.1) is 5.92 Å². The maximum Gasteiger partial charge on any atom is 0.314 e. The third-order valence-corrected chi connectivity index (χ3v) is 7.29. The van der Waals surface area contributed by atoms with Crippen molar-refractivity contribution in [3.05, 3.63) is 43.3 Å². The molecule has 2 aliphatic rings. The highest BCUT2D eigenvalue weighted by Crippen LogP contribution is 2.51. The number of imide groups is 1. The number of carbonyl (C=O) groups is 3. The quantitative estimate of drug-likeness (QED) is 0.551. The molecule has 2 amide bonds. The first-order valence-corrected chi connectivity index (χ1v) is 10.0. The summed E-state index contributed by atoms with van der Waals surface area (Å²) >= 11 is 5.31. The van der Waals surface area contributed by atoms with E-state index in [0.29, 0.717) is 15.6 Å². The summed E-state index contributed by atoms with van der Waals surface area (Å²) in [7, 11) is 1.22. The average molecular weight is 455 g/mol. The highest BCUT2D eigenvalue weighted by atomic mass is 79.9. The number of benzene rings is 1. The minimum Gasteiger partial charge on any atom is -0.469 e. The van der Waals surface area contributed by atoms with Crippen LogP contribution in [0.1, 0.15) is 10.8 Å². The van der Waals surface area contributed by atoms with Crippen molar-refractivity contribution >= 4 is 62.5 Å². The molecule has 1 N–H and O–H groups in total. The molecule has 1 aromatic heterocycles. The van der Waals surface area contributed by atoms with Crippen LogP contribution in [0.3, 0.4) is 0 Å². The molecule has 134 valence electrons. The molecular formula is C16H11BrN2O5S2. The lowest BCUT2D eigenvalue weighted by Crippen LogP contribution is -2.35. The lowest BCUT2D eigenvalue weighted by molar-refractivity contribution is -0.145. The molecule has 2 aliphatic heterocycles. The molecule has 0 bridgehead atoms. The van der Waals surface area contributed by atoms with Crippen molar-refractivity contribution in [2.24, 2.45) is 5.92 Å². The zero-order valence-electron chi connectivity index (χ0n) is 13.2. The number of anilines is 1. The number of carbonyl (C=O) groups excluding carboxylic acids is 3. The van der Waals surface area contributed by atoms with Gasteiger partial charge in [-0.15, -0.1) is 0 Å². The first-order chi connectivity index (χ1) is 12.4. The summed E-state index contributed by atoms with van der Waals surface area (Å²) in [5, 5.41) is -0.330. The Morgan fingerprint density at radius 1 is 1.19 bits per heavy atom. The topological polar surface area (TPSA) is 96.5 Å². The van der Waals surface area contributed by atoms with Crippen LogP contribution in [0.4, 0.5) is 5.69 Å². The monoisotopic (exact) mass is 454 g/mol. The number of aromatic amines is 1. The first-order valence-electron chi connectivity index (χ1n) is 7.53. The lowest BCUT2D eigenvalue weighted by Gasteiger charge is -2.27. The number of thioether (sulfide) groups is 1. The van der Waals surface area contributed by atoms with E-state index >= 15 is 0 Å². The second-order valence-electron chi connectivity index (χ2n) is 5.76. The molecule has 1 saturated heterocycles. The molecule has 3 heterocycles. The standard InChI is InChI=1S/C16H11BrN2O5S2/c1-24-15(22)9-8-11(25-12-10(9)26-16(23)18-12)14(21)19(13(8)20)7-4-2-6(17)3-5-7/h2-5,8-9,11H,1H3,(H,18,23)/t8-,9-,11+/m1/s1. The first kappa shape index (κ1) is 17.5. The Balaban J connectivity index is 1.81. The molecule has 0 aliphatic carbocycles. The number of thiazole rings is 1. The summed E-state index contributed by atoms with van der Waals surface area (Å²) in [6.07, 6.45) is 0. The van der Waals surface area contributed by atoms with E-state index in [1.54, 1.807) is 24.3 Å². The van der Waals surface area contributed by atoms with E-state index in [1.165, 1.54) is 7.11 Å². The third-order valence-electron chi connectivity index (χ3n) is 4.36. The Labute approximate surface area is 163 Å². The van der Waals surface area contributed by atoms with E-state index in [4.69, 9.17) is 4.74 Å². The highest BCUT2D eigenvalue weighted by Gasteiger charge is 2.58. The normalized spacial score (nSPS) is 24.4. The van der Waals surface area contributed by atoms with Crippen molar-refractivity contribution in [2.45, 2.75) is 16.2 Å². The van der Waals surface area contributed by atoms with Crippen LogP contribution < -0.4 is 9.77 Å². The zero-order chi connectivity index (χ0) is 18.6. The van der Waals surface area contributed by atoms with Crippen LogP contribution >= 0.6 is 39.0 Å². The smallest absolute Gasteiger partial charge is 0.314 e. The Morgan fingerprint density at radius 3 is 2.54 bits per heavy atom. The fourth-order valence-corrected chi connectivity index (χ4v) is 5.98. The average Bonchev–Trinajstić information content (AvgIpc) is 3.11. The lowest BCUT2D eigenvalue weighted by atomic mass is 9.89. The van der Waals surface area contributed by atoms with Crippen LogP contribution in [0.15, 0.2) is 38.6 Å². The number of halogens is 1. The number of ether oxygens (including phenoxy) is 1. The predicted octanol–water partition coefficient (Wildman–Crippen LogP) is 2.12. The number of methoxy groups -OCH3 is 1. The van der Waals surface area contributed by atoms with E-state index in [-0.39, 0.29) is 4.87 Å². The number of H-pyrrole nitrogens is 1. The van der Waals surface area contributed by atoms with Gasteiger partial charge in [-0.1, -0.05) is 39.0 Å². The van der Waals surface area contributed by atoms with Gasteiger partial charge in [-0.2, -0.15) is 0 Å². The number of nitrogens with zero attached hydrogens (tertiary/aromatic N) is 1. The van der Waals surface area contributed by atoms with Crippen molar-refractivity contribution in [1.82, 2.24) is 4.98 Å². The number of nitrogens with one attached hydrogen (secondary N) is 1. The number of esters is 1. The summed E-state index contributed by atoms with van der Waals surface area (Å²) in [5.74, 6) is -3.36. The van der Waals surface area contributed by atoms with Crippen LogP contribution in [0.2, 0.25) is 0 Å². The molecule has 0 saturated carbocycles. The molecule has 0 unspecified atom stereocenters. The highest BCUT2D eigenvalue weighted by molar-refractivity contribution is 9.10. The van der Waals surface area contributed by atoms with Crippen LogP contribution in [0.25, 0.3) is 0 Å². The second kappa shape index (κ2) is 6.36. The molecule has 0 spiro atoms.